The maximum Gasteiger partial charge on any atom is 0.260 e. The van der Waals surface area contributed by atoms with Crippen LogP contribution in [0.4, 0.5) is 5.82 Å². The lowest BCUT2D eigenvalue weighted by Crippen LogP contribution is -2.50. The molecule has 1 saturated heterocycles. The quantitative estimate of drug-likeness (QED) is 0.846. The van der Waals surface area contributed by atoms with Crippen molar-refractivity contribution in [2.24, 2.45) is 0 Å². The normalized spacial score (nSPS) is 14.0. The van der Waals surface area contributed by atoms with Crippen LogP contribution in [0, 0.1) is 25.2 Å². The average molecular weight is 350 g/mol. The molecule has 134 valence electrons. The predicted molar refractivity (Wildman–Crippen MR) is 99.2 cm³/mol. The highest BCUT2D eigenvalue weighted by Gasteiger charge is 2.23. The number of ether oxygens (including phenoxy) is 1. The van der Waals surface area contributed by atoms with Gasteiger partial charge in [-0.2, -0.15) is 5.26 Å². The SMILES string of the molecule is Cc1ccc(OCC(=O)N2CCN(c3ncccc3C#N)CC2)c(C)c1. The highest BCUT2D eigenvalue weighted by molar-refractivity contribution is 5.78. The van der Waals surface area contributed by atoms with Gasteiger partial charge in [0.25, 0.3) is 5.91 Å². The number of hydrogen-bond acceptors (Lipinski definition) is 5. The lowest BCUT2D eigenvalue weighted by atomic mass is 10.1. The third-order valence-electron chi connectivity index (χ3n) is 4.52. The maximum absolute atomic E-state index is 12.4. The molecule has 0 aliphatic carbocycles. The molecule has 1 aliphatic rings. The Balaban J connectivity index is 1.54. The lowest BCUT2D eigenvalue weighted by molar-refractivity contribution is -0.133. The van der Waals surface area contributed by atoms with Crippen LogP contribution in [0.2, 0.25) is 0 Å². The summed E-state index contributed by atoms with van der Waals surface area (Å²) >= 11 is 0. The first kappa shape index (κ1) is 17.7. The van der Waals surface area contributed by atoms with Crippen LogP contribution in [0.25, 0.3) is 0 Å². The first-order valence-electron chi connectivity index (χ1n) is 8.66. The number of anilines is 1. The van der Waals surface area contributed by atoms with Crippen LogP contribution in [0.1, 0.15) is 16.7 Å². The van der Waals surface area contributed by atoms with E-state index in [2.05, 4.69) is 11.1 Å². The Morgan fingerprint density at radius 3 is 2.69 bits per heavy atom. The number of amides is 1. The minimum atomic E-state index is -0.0221. The van der Waals surface area contributed by atoms with Crippen LogP contribution in [0.5, 0.6) is 5.75 Å². The molecule has 1 aromatic carbocycles. The van der Waals surface area contributed by atoms with Crippen molar-refractivity contribution in [3.05, 3.63) is 53.2 Å². The number of nitriles is 1. The van der Waals surface area contributed by atoms with Gasteiger partial charge < -0.3 is 14.5 Å². The van der Waals surface area contributed by atoms with Gasteiger partial charge in [-0.25, -0.2) is 4.98 Å². The van der Waals surface area contributed by atoms with Gasteiger partial charge in [0.05, 0.1) is 5.56 Å². The molecular weight excluding hydrogens is 328 g/mol. The minimum absolute atomic E-state index is 0.0221. The Kier molecular flexibility index (Phi) is 5.37. The molecule has 0 saturated carbocycles. The lowest BCUT2D eigenvalue weighted by Gasteiger charge is -2.35. The molecule has 0 unspecified atom stereocenters. The Hall–Kier alpha value is -3.07. The molecular formula is C20H22N4O2. The second-order valence-corrected chi connectivity index (χ2v) is 6.41. The zero-order valence-corrected chi connectivity index (χ0v) is 15.1. The van der Waals surface area contributed by atoms with E-state index in [0.29, 0.717) is 37.6 Å². The van der Waals surface area contributed by atoms with E-state index >= 15 is 0 Å². The molecule has 6 nitrogen and oxygen atoms in total. The van der Waals surface area contributed by atoms with E-state index in [1.54, 1.807) is 23.2 Å². The van der Waals surface area contributed by atoms with Gasteiger partial charge >= 0.3 is 0 Å². The molecule has 2 heterocycles. The van der Waals surface area contributed by atoms with E-state index in [9.17, 15) is 10.1 Å². The summed E-state index contributed by atoms with van der Waals surface area (Å²) in [5, 5.41) is 9.21. The number of carbonyl (C=O) groups is 1. The van der Waals surface area contributed by atoms with Crippen molar-refractivity contribution in [3.63, 3.8) is 0 Å². The van der Waals surface area contributed by atoms with Gasteiger partial charge in [-0.3, -0.25) is 4.79 Å². The second kappa shape index (κ2) is 7.87. The van der Waals surface area contributed by atoms with Gasteiger partial charge in [-0.15, -0.1) is 0 Å². The minimum Gasteiger partial charge on any atom is -0.484 e. The maximum atomic E-state index is 12.4. The van der Waals surface area contributed by atoms with Gasteiger partial charge in [0.15, 0.2) is 6.61 Å². The summed E-state index contributed by atoms with van der Waals surface area (Å²) in [4.78, 5) is 20.6. The van der Waals surface area contributed by atoms with Crippen LogP contribution in [-0.4, -0.2) is 48.6 Å². The highest BCUT2D eigenvalue weighted by Crippen LogP contribution is 2.20. The second-order valence-electron chi connectivity index (χ2n) is 6.41. The number of piperazine rings is 1. The molecule has 0 N–H and O–H groups in total. The third kappa shape index (κ3) is 3.94. The van der Waals surface area contributed by atoms with Crippen LogP contribution < -0.4 is 9.64 Å². The van der Waals surface area contributed by atoms with E-state index in [4.69, 9.17) is 4.74 Å². The van der Waals surface area contributed by atoms with Gasteiger partial charge in [-0.05, 0) is 37.6 Å². The Bertz CT molecular complexity index is 836. The molecule has 0 spiro atoms. The number of rotatable bonds is 4. The largest absolute Gasteiger partial charge is 0.484 e. The van der Waals surface area contributed by atoms with Crippen LogP contribution in [-0.2, 0) is 4.79 Å². The summed E-state index contributed by atoms with van der Waals surface area (Å²) in [5.74, 6) is 1.41. The fourth-order valence-corrected chi connectivity index (χ4v) is 3.10. The molecule has 0 bridgehead atoms. The fraction of sp³-hybridized carbons (Fsp3) is 0.350. The number of benzene rings is 1. The molecule has 3 rings (SSSR count). The molecule has 1 fully saturated rings. The Morgan fingerprint density at radius 2 is 2.00 bits per heavy atom. The predicted octanol–water partition coefficient (Wildman–Crippen LogP) is 2.30. The number of aromatic nitrogens is 1. The summed E-state index contributed by atoms with van der Waals surface area (Å²) in [6.07, 6.45) is 1.69. The van der Waals surface area contributed by atoms with Crippen molar-refractivity contribution in [1.82, 2.24) is 9.88 Å². The number of aryl methyl sites for hydroxylation is 2. The average Bonchev–Trinajstić information content (AvgIpc) is 2.67. The van der Waals surface area contributed by atoms with Crippen molar-refractivity contribution >= 4 is 11.7 Å². The van der Waals surface area contributed by atoms with Crippen molar-refractivity contribution in [2.45, 2.75) is 13.8 Å². The topological polar surface area (TPSA) is 69.5 Å². The first-order valence-corrected chi connectivity index (χ1v) is 8.66. The van der Waals surface area contributed by atoms with E-state index in [1.165, 1.54) is 5.56 Å². The standard InChI is InChI=1S/C20H22N4O2/c1-15-5-6-18(16(2)12-15)26-14-19(25)23-8-10-24(11-9-23)20-17(13-21)4-3-7-22-20/h3-7,12H,8-11,14H2,1-2H3. The number of carbonyl (C=O) groups excluding carboxylic acids is 1. The highest BCUT2D eigenvalue weighted by atomic mass is 16.5. The number of hydrogen-bond donors (Lipinski definition) is 0. The molecule has 0 radical (unpaired) electrons. The molecule has 0 atom stereocenters. The van der Waals surface area contributed by atoms with Crippen LogP contribution >= 0.6 is 0 Å². The Morgan fingerprint density at radius 1 is 1.23 bits per heavy atom. The molecule has 1 amide bonds. The Labute approximate surface area is 153 Å². The van der Waals surface area contributed by atoms with E-state index in [1.807, 2.05) is 36.9 Å². The van der Waals surface area contributed by atoms with E-state index in [-0.39, 0.29) is 12.5 Å². The number of pyridine rings is 1. The van der Waals surface area contributed by atoms with Crippen molar-refractivity contribution in [1.29, 1.82) is 5.26 Å². The van der Waals surface area contributed by atoms with Crippen LogP contribution in [0.15, 0.2) is 36.5 Å². The van der Waals surface area contributed by atoms with Gasteiger partial charge in [0, 0.05) is 32.4 Å². The zero-order chi connectivity index (χ0) is 18.5. The molecule has 26 heavy (non-hydrogen) atoms. The van der Waals surface area contributed by atoms with E-state index in [0.717, 1.165) is 11.3 Å². The zero-order valence-electron chi connectivity index (χ0n) is 15.1. The molecule has 1 aromatic heterocycles. The van der Waals surface area contributed by atoms with Crippen molar-refractivity contribution in [3.8, 4) is 11.8 Å². The first-order chi connectivity index (χ1) is 12.6. The number of nitrogens with zero attached hydrogens (tertiary/aromatic N) is 4. The third-order valence-corrected chi connectivity index (χ3v) is 4.52. The van der Waals surface area contributed by atoms with Crippen molar-refractivity contribution < 1.29 is 9.53 Å². The van der Waals surface area contributed by atoms with Crippen LogP contribution in [0.3, 0.4) is 0 Å². The summed E-state index contributed by atoms with van der Waals surface area (Å²) in [7, 11) is 0. The van der Waals surface area contributed by atoms with Gasteiger partial charge in [-0.1, -0.05) is 17.7 Å². The summed E-state index contributed by atoms with van der Waals surface area (Å²) in [5.41, 5.74) is 2.76. The monoisotopic (exact) mass is 350 g/mol. The summed E-state index contributed by atoms with van der Waals surface area (Å²) < 4.78 is 5.69. The summed E-state index contributed by atoms with van der Waals surface area (Å²) in [6.45, 7) is 6.54. The van der Waals surface area contributed by atoms with E-state index < -0.39 is 0 Å². The smallest absolute Gasteiger partial charge is 0.260 e. The molecule has 2 aromatic rings. The van der Waals surface area contributed by atoms with Crippen molar-refractivity contribution in [2.75, 3.05) is 37.7 Å². The van der Waals surface area contributed by atoms with Gasteiger partial charge in [0.1, 0.15) is 17.6 Å². The fourth-order valence-electron chi connectivity index (χ4n) is 3.10. The molecule has 6 heteroatoms. The molecule has 1 aliphatic heterocycles. The summed E-state index contributed by atoms with van der Waals surface area (Å²) in [6, 6.07) is 11.6. The van der Waals surface area contributed by atoms with Gasteiger partial charge in [0.2, 0.25) is 0 Å².